The van der Waals surface area contributed by atoms with Gasteiger partial charge in [0, 0.05) is 19.5 Å². The SMILES string of the molecule is COc1ccccc1Cc1ccc(N2CCCCC2)c(N)c1. The number of ether oxygens (including phenoxy) is 1. The third kappa shape index (κ3) is 3.19. The minimum atomic E-state index is 0.842. The predicted octanol–water partition coefficient (Wildman–Crippen LogP) is 3.86. The number of rotatable bonds is 4. The Morgan fingerprint density at radius 3 is 2.55 bits per heavy atom. The van der Waals surface area contributed by atoms with Crippen LogP contribution in [0.1, 0.15) is 30.4 Å². The Kier molecular flexibility index (Phi) is 4.52. The van der Waals surface area contributed by atoms with Crippen LogP contribution in [0.4, 0.5) is 11.4 Å². The minimum Gasteiger partial charge on any atom is -0.496 e. The average Bonchev–Trinajstić information content (AvgIpc) is 2.56. The standard InChI is InChI=1S/C19H24N2O/c1-22-19-8-4-3-7-16(19)13-15-9-10-18(17(20)14-15)21-11-5-2-6-12-21/h3-4,7-10,14H,2,5-6,11-13,20H2,1H3. The van der Waals surface area contributed by atoms with Crippen molar-refractivity contribution in [1.29, 1.82) is 0 Å². The van der Waals surface area contributed by atoms with Crippen LogP contribution >= 0.6 is 0 Å². The number of nitrogens with zero attached hydrogens (tertiary/aromatic N) is 1. The number of methoxy groups -OCH3 is 1. The molecule has 0 unspecified atom stereocenters. The molecule has 2 aromatic rings. The molecule has 1 fully saturated rings. The van der Waals surface area contributed by atoms with E-state index in [1.165, 1.54) is 36.1 Å². The first-order valence-corrected chi connectivity index (χ1v) is 8.03. The van der Waals surface area contributed by atoms with Crippen LogP contribution in [0.25, 0.3) is 0 Å². The van der Waals surface area contributed by atoms with Crippen LogP contribution in [0.15, 0.2) is 42.5 Å². The Morgan fingerprint density at radius 1 is 1.05 bits per heavy atom. The third-order valence-corrected chi connectivity index (χ3v) is 4.38. The van der Waals surface area contributed by atoms with Crippen molar-refractivity contribution < 1.29 is 4.74 Å². The van der Waals surface area contributed by atoms with Gasteiger partial charge < -0.3 is 15.4 Å². The molecular formula is C19H24N2O. The van der Waals surface area contributed by atoms with Crippen molar-refractivity contribution in [1.82, 2.24) is 0 Å². The van der Waals surface area contributed by atoms with Gasteiger partial charge in [-0.2, -0.15) is 0 Å². The molecular weight excluding hydrogens is 272 g/mol. The first-order valence-electron chi connectivity index (χ1n) is 8.03. The fraction of sp³-hybridized carbons (Fsp3) is 0.368. The van der Waals surface area contributed by atoms with Crippen LogP contribution in [0, 0.1) is 0 Å². The molecule has 22 heavy (non-hydrogen) atoms. The van der Waals surface area contributed by atoms with Gasteiger partial charge >= 0.3 is 0 Å². The van der Waals surface area contributed by atoms with Gasteiger partial charge in [0.25, 0.3) is 0 Å². The van der Waals surface area contributed by atoms with E-state index in [-0.39, 0.29) is 0 Å². The summed E-state index contributed by atoms with van der Waals surface area (Å²) in [5, 5.41) is 0. The molecule has 0 bridgehead atoms. The highest BCUT2D eigenvalue weighted by Crippen LogP contribution is 2.29. The highest BCUT2D eigenvalue weighted by Gasteiger charge is 2.14. The molecule has 0 saturated carbocycles. The maximum absolute atomic E-state index is 6.30. The van der Waals surface area contributed by atoms with Crippen LogP contribution < -0.4 is 15.4 Å². The van der Waals surface area contributed by atoms with Crippen LogP contribution in [0.3, 0.4) is 0 Å². The number of nitrogens with two attached hydrogens (primary N) is 1. The normalized spacial score (nSPS) is 14.9. The maximum Gasteiger partial charge on any atom is 0.122 e. The fourth-order valence-corrected chi connectivity index (χ4v) is 3.21. The lowest BCUT2D eigenvalue weighted by Crippen LogP contribution is -2.30. The average molecular weight is 296 g/mol. The van der Waals surface area contributed by atoms with Crippen molar-refractivity contribution in [3.8, 4) is 5.75 Å². The molecule has 0 spiro atoms. The fourth-order valence-electron chi connectivity index (χ4n) is 3.21. The quantitative estimate of drug-likeness (QED) is 0.871. The Hall–Kier alpha value is -2.16. The minimum absolute atomic E-state index is 0.842. The Labute approximate surface area is 132 Å². The lowest BCUT2D eigenvalue weighted by Gasteiger charge is -2.30. The molecule has 0 amide bonds. The number of para-hydroxylation sites is 1. The van der Waals surface area contributed by atoms with E-state index in [4.69, 9.17) is 10.5 Å². The van der Waals surface area contributed by atoms with E-state index in [0.717, 1.165) is 30.9 Å². The molecule has 1 aliphatic heterocycles. The van der Waals surface area contributed by atoms with Crippen LogP contribution in [0.2, 0.25) is 0 Å². The summed E-state index contributed by atoms with van der Waals surface area (Å²) in [6.07, 6.45) is 4.71. The van der Waals surface area contributed by atoms with Gasteiger partial charge in [-0.1, -0.05) is 24.3 Å². The summed E-state index contributed by atoms with van der Waals surface area (Å²) in [7, 11) is 1.71. The summed E-state index contributed by atoms with van der Waals surface area (Å²) in [5.41, 5.74) is 10.8. The van der Waals surface area contributed by atoms with E-state index in [9.17, 15) is 0 Å². The summed E-state index contributed by atoms with van der Waals surface area (Å²) in [5.74, 6) is 0.932. The second-order valence-electron chi connectivity index (χ2n) is 5.93. The topological polar surface area (TPSA) is 38.5 Å². The number of hydrogen-bond donors (Lipinski definition) is 1. The summed E-state index contributed by atoms with van der Waals surface area (Å²) in [6, 6.07) is 14.6. The third-order valence-electron chi connectivity index (χ3n) is 4.38. The number of nitrogen functional groups attached to an aromatic ring is 1. The zero-order chi connectivity index (χ0) is 15.4. The van der Waals surface area contributed by atoms with Crippen molar-refractivity contribution >= 4 is 11.4 Å². The van der Waals surface area contributed by atoms with Gasteiger partial charge in [0.2, 0.25) is 0 Å². The summed E-state index contributed by atoms with van der Waals surface area (Å²) < 4.78 is 5.43. The highest BCUT2D eigenvalue weighted by atomic mass is 16.5. The molecule has 0 aromatic heterocycles. The molecule has 3 rings (SSSR count). The first kappa shape index (κ1) is 14.8. The van der Waals surface area contributed by atoms with E-state index in [1.54, 1.807) is 7.11 Å². The first-order chi connectivity index (χ1) is 10.8. The van der Waals surface area contributed by atoms with Gasteiger partial charge in [0.15, 0.2) is 0 Å². The van der Waals surface area contributed by atoms with Gasteiger partial charge in [0.05, 0.1) is 18.5 Å². The van der Waals surface area contributed by atoms with Crippen LogP contribution in [-0.2, 0) is 6.42 Å². The lowest BCUT2D eigenvalue weighted by molar-refractivity contribution is 0.410. The van der Waals surface area contributed by atoms with Gasteiger partial charge in [-0.15, -0.1) is 0 Å². The van der Waals surface area contributed by atoms with E-state index in [0.29, 0.717) is 0 Å². The lowest BCUT2D eigenvalue weighted by atomic mass is 10.0. The van der Waals surface area contributed by atoms with Crippen molar-refractivity contribution in [2.45, 2.75) is 25.7 Å². The number of benzene rings is 2. The van der Waals surface area contributed by atoms with Gasteiger partial charge in [-0.25, -0.2) is 0 Å². The molecule has 1 saturated heterocycles. The highest BCUT2D eigenvalue weighted by molar-refractivity contribution is 5.69. The number of hydrogen-bond acceptors (Lipinski definition) is 3. The van der Waals surface area contributed by atoms with Gasteiger partial charge in [-0.05, 0) is 48.6 Å². The second kappa shape index (κ2) is 6.73. The summed E-state index contributed by atoms with van der Waals surface area (Å²) >= 11 is 0. The van der Waals surface area contributed by atoms with Crippen molar-refractivity contribution in [2.24, 2.45) is 0 Å². The number of anilines is 2. The van der Waals surface area contributed by atoms with E-state index in [2.05, 4.69) is 29.2 Å². The summed E-state index contributed by atoms with van der Waals surface area (Å²) in [4.78, 5) is 2.41. The van der Waals surface area contributed by atoms with Gasteiger partial charge in [0.1, 0.15) is 5.75 Å². The number of piperidine rings is 1. The molecule has 3 nitrogen and oxygen atoms in total. The monoisotopic (exact) mass is 296 g/mol. The molecule has 116 valence electrons. The Morgan fingerprint density at radius 2 is 1.82 bits per heavy atom. The molecule has 0 radical (unpaired) electrons. The van der Waals surface area contributed by atoms with Crippen molar-refractivity contribution in [2.75, 3.05) is 30.8 Å². The predicted molar refractivity (Wildman–Crippen MR) is 92.7 cm³/mol. The second-order valence-corrected chi connectivity index (χ2v) is 5.93. The smallest absolute Gasteiger partial charge is 0.122 e. The van der Waals surface area contributed by atoms with Crippen molar-refractivity contribution in [3.05, 3.63) is 53.6 Å². The molecule has 2 N–H and O–H groups in total. The molecule has 1 heterocycles. The molecule has 3 heteroatoms. The van der Waals surface area contributed by atoms with Crippen LogP contribution in [-0.4, -0.2) is 20.2 Å². The van der Waals surface area contributed by atoms with E-state index >= 15 is 0 Å². The molecule has 0 aliphatic carbocycles. The van der Waals surface area contributed by atoms with E-state index in [1.807, 2.05) is 18.2 Å². The maximum atomic E-state index is 6.30. The van der Waals surface area contributed by atoms with Crippen molar-refractivity contribution in [3.63, 3.8) is 0 Å². The van der Waals surface area contributed by atoms with Gasteiger partial charge in [-0.3, -0.25) is 0 Å². The molecule has 2 aromatic carbocycles. The van der Waals surface area contributed by atoms with E-state index < -0.39 is 0 Å². The van der Waals surface area contributed by atoms with Crippen LogP contribution in [0.5, 0.6) is 5.75 Å². The largest absolute Gasteiger partial charge is 0.496 e. The Balaban J connectivity index is 1.79. The molecule has 0 atom stereocenters. The Bertz CT molecular complexity index is 633. The zero-order valence-corrected chi connectivity index (χ0v) is 13.2. The molecule has 1 aliphatic rings. The summed E-state index contributed by atoms with van der Waals surface area (Å²) in [6.45, 7) is 2.24. The zero-order valence-electron chi connectivity index (χ0n) is 13.2.